The van der Waals surface area contributed by atoms with E-state index in [0.29, 0.717) is 13.0 Å². The number of thiophene rings is 1. The molecule has 0 saturated heterocycles. The Labute approximate surface area is 127 Å². The number of hydrogen-bond donors (Lipinski definition) is 0. The third kappa shape index (κ3) is 3.34. The highest BCUT2D eigenvalue weighted by molar-refractivity contribution is 7.09. The normalized spacial score (nSPS) is 10.9. The van der Waals surface area contributed by atoms with E-state index >= 15 is 0 Å². The first-order valence-electron chi connectivity index (χ1n) is 6.96. The minimum absolute atomic E-state index is 0.142. The van der Waals surface area contributed by atoms with Gasteiger partial charge in [0.15, 0.2) is 0 Å². The van der Waals surface area contributed by atoms with Gasteiger partial charge in [-0.2, -0.15) is 0 Å². The SMILES string of the molecule is CN(Cc1cc2ccccc2o1)C(=O)CCc1cccs1. The summed E-state index contributed by atoms with van der Waals surface area (Å²) >= 11 is 1.69. The number of amides is 1. The molecule has 2 aromatic heterocycles. The maximum Gasteiger partial charge on any atom is 0.223 e. The molecule has 1 aromatic carbocycles. The zero-order chi connectivity index (χ0) is 14.7. The Morgan fingerprint density at radius 3 is 2.86 bits per heavy atom. The van der Waals surface area contributed by atoms with E-state index in [1.54, 1.807) is 16.2 Å². The Morgan fingerprint density at radius 1 is 1.24 bits per heavy atom. The molecule has 21 heavy (non-hydrogen) atoms. The molecule has 0 aliphatic heterocycles. The molecule has 0 atom stereocenters. The maximum atomic E-state index is 12.1. The van der Waals surface area contributed by atoms with Gasteiger partial charge in [0.1, 0.15) is 11.3 Å². The Balaban J connectivity index is 1.59. The van der Waals surface area contributed by atoms with E-state index < -0.39 is 0 Å². The highest BCUT2D eigenvalue weighted by Crippen LogP contribution is 2.20. The predicted molar refractivity (Wildman–Crippen MR) is 85.3 cm³/mol. The fourth-order valence-corrected chi connectivity index (χ4v) is 3.02. The third-order valence-corrected chi connectivity index (χ3v) is 4.40. The molecule has 0 radical (unpaired) electrons. The van der Waals surface area contributed by atoms with Gasteiger partial charge in [-0.05, 0) is 30.0 Å². The van der Waals surface area contributed by atoms with E-state index in [0.717, 1.165) is 23.2 Å². The van der Waals surface area contributed by atoms with E-state index in [4.69, 9.17) is 4.42 Å². The van der Waals surface area contributed by atoms with Gasteiger partial charge in [-0.1, -0.05) is 24.3 Å². The summed E-state index contributed by atoms with van der Waals surface area (Å²) in [6, 6.07) is 14.0. The quantitative estimate of drug-likeness (QED) is 0.711. The molecule has 108 valence electrons. The first kappa shape index (κ1) is 13.9. The van der Waals surface area contributed by atoms with Gasteiger partial charge in [-0.15, -0.1) is 11.3 Å². The largest absolute Gasteiger partial charge is 0.459 e. The van der Waals surface area contributed by atoms with Crippen LogP contribution < -0.4 is 0 Å². The average Bonchev–Trinajstić information content (AvgIpc) is 3.13. The molecule has 0 saturated carbocycles. The maximum absolute atomic E-state index is 12.1. The van der Waals surface area contributed by atoms with Crippen LogP contribution in [-0.2, 0) is 17.8 Å². The summed E-state index contributed by atoms with van der Waals surface area (Å²) in [5.41, 5.74) is 0.868. The molecule has 3 aromatic rings. The van der Waals surface area contributed by atoms with Crippen LogP contribution >= 0.6 is 11.3 Å². The Bertz CT molecular complexity index is 697. The molecule has 0 fully saturated rings. The van der Waals surface area contributed by atoms with Crippen molar-refractivity contribution in [3.8, 4) is 0 Å². The lowest BCUT2D eigenvalue weighted by Crippen LogP contribution is -2.26. The Kier molecular flexibility index (Phi) is 4.06. The minimum atomic E-state index is 0.142. The van der Waals surface area contributed by atoms with Crippen LogP contribution in [0.15, 0.2) is 52.3 Å². The summed E-state index contributed by atoms with van der Waals surface area (Å²) in [5.74, 6) is 0.965. The number of hydrogen-bond acceptors (Lipinski definition) is 3. The molecule has 2 heterocycles. The highest BCUT2D eigenvalue weighted by Gasteiger charge is 2.12. The molecule has 0 bridgehead atoms. The van der Waals surface area contributed by atoms with Gasteiger partial charge in [-0.3, -0.25) is 4.79 Å². The standard InChI is InChI=1S/C17H17NO2S/c1-18(17(19)9-8-15-6-4-10-21-15)12-14-11-13-5-2-3-7-16(13)20-14/h2-7,10-11H,8-9,12H2,1H3. The number of aryl methyl sites for hydroxylation is 1. The summed E-state index contributed by atoms with van der Waals surface area (Å²) in [7, 11) is 1.82. The molecule has 3 nitrogen and oxygen atoms in total. The number of carbonyl (C=O) groups excluding carboxylic acids is 1. The van der Waals surface area contributed by atoms with Crippen molar-refractivity contribution < 1.29 is 9.21 Å². The highest BCUT2D eigenvalue weighted by atomic mass is 32.1. The number of furan rings is 1. The van der Waals surface area contributed by atoms with Crippen molar-refractivity contribution in [2.45, 2.75) is 19.4 Å². The van der Waals surface area contributed by atoms with Crippen LogP contribution in [0.5, 0.6) is 0 Å². The van der Waals surface area contributed by atoms with Crippen LogP contribution in [0.3, 0.4) is 0 Å². The van der Waals surface area contributed by atoms with Crippen LogP contribution in [0.25, 0.3) is 11.0 Å². The van der Waals surface area contributed by atoms with Gasteiger partial charge in [-0.25, -0.2) is 0 Å². The summed E-state index contributed by atoms with van der Waals surface area (Å²) in [6.07, 6.45) is 1.35. The van der Waals surface area contributed by atoms with E-state index in [-0.39, 0.29) is 5.91 Å². The van der Waals surface area contributed by atoms with Crippen molar-refractivity contribution in [3.63, 3.8) is 0 Å². The van der Waals surface area contributed by atoms with Crippen molar-refractivity contribution in [3.05, 3.63) is 58.5 Å². The first-order chi connectivity index (χ1) is 10.2. The zero-order valence-corrected chi connectivity index (χ0v) is 12.7. The zero-order valence-electron chi connectivity index (χ0n) is 11.9. The van der Waals surface area contributed by atoms with Crippen LogP contribution in [0, 0.1) is 0 Å². The van der Waals surface area contributed by atoms with Gasteiger partial charge < -0.3 is 9.32 Å². The number of rotatable bonds is 5. The van der Waals surface area contributed by atoms with Crippen LogP contribution in [-0.4, -0.2) is 17.9 Å². The summed E-state index contributed by atoms with van der Waals surface area (Å²) in [5, 5.41) is 3.12. The topological polar surface area (TPSA) is 33.5 Å². The number of fused-ring (bicyclic) bond motifs is 1. The monoisotopic (exact) mass is 299 g/mol. The van der Waals surface area contributed by atoms with Crippen molar-refractivity contribution in [2.24, 2.45) is 0 Å². The van der Waals surface area contributed by atoms with Crippen molar-refractivity contribution in [1.29, 1.82) is 0 Å². The smallest absolute Gasteiger partial charge is 0.223 e. The second kappa shape index (κ2) is 6.14. The lowest BCUT2D eigenvalue weighted by Gasteiger charge is -2.15. The summed E-state index contributed by atoms with van der Waals surface area (Å²) < 4.78 is 5.75. The van der Waals surface area contributed by atoms with Crippen molar-refractivity contribution in [2.75, 3.05) is 7.05 Å². The fraction of sp³-hybridized carbons (Fsp3) is 0.235. The lowest BCUT2D eigenvalue weighted by molar-refractivity contribution is -0.130. The van der Waals surface area contributed by atoms with E-state index in [1.165, 1.54) is 4.88 Å². The van der Waals surface area contributed by atoms with Gasteiger partial charge >= 0.3 is 0 Å². The molecule has 0 spiro atoms. The van der Waals surface area contributed by atoms with Crippen molar-refractivity contribution in [1.82, 2.24) is 4.90 Å². The third-order valence-electron chi connectivity index (χ3n) is 3.46. The molecule has 0 N–H and O–H groups in total. The molecular weight excluding hydrogens is 282 g/mol. The number of benzene rings is 1. The van der Waals surface area contributed by atoms with Gasteiger partial charge in [0.05, 0.1) is 6.54 Å². The molecule has 3 rings (SSSR count). The molecule has 0 aliphatic rings. The first-order valence-corrected chi connectivity index (χ1v) is 7.84. The van der Waals surface area contributed by atoms with Gasteiger partial charge in [0, 0.05) is 23.7 Å². The Morgan fingerprint density at radius 2 is 2.10 bits per heavy atom. The van der Waals surface area contributed by atoms with E-state index in [1.807, 2.05) is 48.8 Å². The minimum Gasteiger partial charge on any atom is -0.459 e. The van der Waals surface area contributed by atoms with Gasteiger partial charge in [0.25, 0.3) is 0 Å². The van der Waals surface area contributed by atoms with E-state index in [2.05, 4.69) is 6.07 Å². The van der Waals surface area contributed by atoms with Crippen LogP contribution in [0.4, 0.5) is 0 Å². The average molecular weight is 299 g/mol. The number of carbonyl (C=O) groups is 1. The number of para-hydroxylation sites is 1. The number of nitrogens with zero attached hydrogens (tertiary/aromatic N) is 1. The molecule has 1 amide bonds. The van der Waals surface area contributed by atoms with Gasteiger partial charge in [0.2, 0.25) is 5.91 Å². The molecular formula is C17H17NO2S. The molecule has 4 heteroatoms. The fourth-order valence-electron chi connectivity index (χ4n) is 2.31. The van der Waals surface area contributed by atoms with Crippen LogP contribution in [0.1, 0.15) is 17.1 Å². The van der Waals surface area contributed by atoms with Crippen LogP contribution in [0.2, 0.25) is 0 Å². The molecule has 0 unspecified atom stereocenters. The second-order valence-electron chi connectivity index (χ2n) is 5.08. The second-order valence-corrected chi connectivity index (χ2v) is 6.11. The molecule has 0 aliphatic carbocycles. The van der Waals surface area contributed by atoms with E-state index in [9.17, 15) is 4.79 Å². The predicted octanol–water partition coefficient (Wildman–Crippen LogP) is 4.09. The lowest BCUT2D eigenvalue weighted by atomic mass is 10.2. The summed E-state index contributed by atoms with van der Waals surface area (Å²) in [6.45, 7) is 0.512. The Hall–Kier alpha value is -2.07. The summed E-state index contributed by atoms with van der Waals surface area (Å²) in [4.78, 5) is 15.1. The van der Waals surface area contributed by atoms with Crippen molar-refractivity contribution >= 4 is 28.2 Å².